The van der Waals surface area contributed by atoms with Crippen molar-refractivity contribution in [2.24, 2.45) is 0 Å². The van der Waals surface area contributed by atoms with Crippen molar-refractivity contribution in [3.63, 3.8) is 0 Å². The molecule has 3 aromatic carbocycles. The minimum atomic E-state index is -0.304. The third-order valence-corrected chi connectivity index (χ3v) is 6.73. The molecule has 2 amide bonds. The molecule has 0 atom stereocenters. The Bertz CT molecular complexity index is 1410. The Morgan fingerprint density at radius 1 is 0.971 bits per heavy atom. The maximum absolute atomic E-state index is 13.1. The Labute approximate surface area is 206 Å². The number of thioether (sulfide) groups is 1. The van der Waals surface area contributed by atoms with Crippen molar-refractivity contribution in [2.75, 3.05) is 11.5 Å². The lowest BCUT2D eigenvalue weighted by Gasteiger charge is -2.12. The molecule has 7 heteroatoms. The number of aryl methyl sites for hydroxylation is 1. The SMILES string of the molecule is Cc1ccc(N2C(=O)S/C(=C\c3cn(CCOc4ccc(Cl)cc4)c4ccccc34)C2=O)cc1. The van der Waals surface area contributed by atoms with Gasteiger partial charge < -0.3 is 9.30 Å². The van der Waals surface area contributed by atoms with Crippen molar-refractivity contribution in [1.29, 1.82) is 0 Å². The van der Waals surface area contributed by atoms with Crippen molar-refractivity contribution in [3.8, 4) is 5.75 Å². The zero-order valence-corrected chi connectivity index (χ0v) is 20.0. The Kier molecular flexibility index (Phi) is 6.18. The van der Waals surface area contributed by atoms with Gasteiger partial charge >= 0.3 is 0 Å². The molecule has 0 saturated carbocycles. The molecule has 0 spiro atoms. The number of hydrogen-bond acceptors (Lipinski definition) is 4. The summed E-state index contributed by atoms with van der Waals surface area (Å²) in [4.78, 5) is 27.4. The average molecular weight is 489 g/mol. The van der Waals surface area contributed by atoms with Gasteiger partial charge in [0.15, 0.2) is 0 Å². The Morgan fingerprint density at radius 3 is 2.47 bits per heavy atom. The lowest BCUT2D eigenvalue weighted by molar-refractivity contribution is -0.113. The maximum Gasteiger partial charge on any atom is 0.298 e. The first-order valence-corrected chi connectivity index (χ1v) is 12.0. The number of carbonyl (C=O) groups excluding carboxylic acids is 2. The van der Waals surface area contributed by atoms with Crippen molar-refractivity contribution in [3.05, 3.63) is 100 Å². The van der Waals surface area contributed by atoms with E-state index in [-0.39, 0.29) is 11.1 Å². The van der Waals surface area contributed by atoms with E-state index in [4.69, 9.17) is 16.3 Å². The summed E-state index contributed by atoms with van der Waals surface area (Å²) >= 11 is 6.90. The Balaban J connectivity index is 1.39. The molecule has 0 aliphatic carbocycles. The molecule has 1 aliphatic heterocycles. The van der Waals surface area contributed by atoms with Gasteiger partial charge in [0.2, 0.25) is 0 Å². The number of anilines is 1. The molecule has 5 nitrogen and oxygen atoms in total. The monoisotopic (exact) mass is 488 g/mol. The normalized spacial score (nSPS) is 15.0. The highest BCUT2D eigenvalue weighted by Gasteiger charge is 2.36. The highest BCUT2D eigenvalue weighted by atomic mass is 35.5. The van der Waals surface area contributed by atoms with Crippen LogP contribution in [0.15, 0.2) is 83.9 Å². The lowest BCUT2D eigenvalue weighted by Crippen LogP contribution is -2.27. The van der Waals surface area contributed by atoms with Crippen LogP contribution in [0.2, 0.25) is 5.02 Å². The average Bonchev–Trinajstić information content (AvgIpc) is 3.32. The van der Waals surface area contributed by atoms with Crippen LogP contribution in [0.25, 0.3) is 17.0 Å². The number of imide groups is 1. The fourth-order valence-electron chi connectivity index (χ4n) is 3.89. The van der Waals surface area contributed by atoms with Crippen LogP contribution < -0.4 is 9.64 Å². The summed E-state index contributed by atoms with van der Waals surface area (Å²) < 4.78 is 7.95. The second-order valence-electron chi connectivity index (χ2n) is 7.95. The molecule has 170 valence electrons. The van der Waals surface area contributed by atoms with Crippen LogP contribution in [0.3, 0.4) is 0 Å². The minimum Gasteiger partial charge on any atom is -0.492 e. The zero-order chi connectivity index (χ0) is 23.7. The quantitative estimate of drug-likeness (QED) is 0.276. The molecule has 1 aliphatic rings. The molecule has 0 radical (unpaired) electrons. The van der Waals surface area contributed by atoms with Gasteiger partial charge in [-0.3, -0.25) is 9.59 Å². The van der Waals surface area contributed by atoms with E-state index in [0.29, 0.717) is 28.8 Å². The van der Waals surface area contributed by atoms with Crippen molar-refractivity contribution < 1.29 is 14.3 Å². The van der Waals surface area contributed by atoms with Gasteiger partial charge in [-0.25, -0.2) is 4.90 Å². The highest BCUT2D eigenvalue weighted by Crippen LogP contribution is 2.37. The van der Waals surface area contributed by atoms with Gasteiger partial charge in [-0.1, -0.05) is 47.5 Å². The summed E-state index contributed by atoms with van der Waals surface area (Å²) in [7, 11) is 0. The standard InChI is InChI=1S/C27H21ClN2O3S/c1-18-6-10-21(11-7-18)30-26(31)25(34-27(30)32)16-19-17-29(24-5-3-2-4-23(19)24)14-15-33-22-12-8-20(28)9-13-22/h2-13,16-17H,14-15H2,1H3/b25-16-. The third kappa shape index (κ3) is 4.47. The molecule has 1 aromatic heterocycles. The number of ether oxygens (including phenoxy) is 1. The molecule has 4 aromatic rings. The first-order chi connectivity index (χ1) is 16.5. The Hall–Kier alpha value is -3.48. The van der Waals surface area contributed by atoms with E-state index in [1.54, 1.807) is 30.3 Å². The number of benzene rings is 3. The predicted octanol–water partition coefficient (Wildman–Crippen LogP) is 6.92. The summed E-state index contributed by atoms with van der Waals surface area (Å²) in [5, 5.41) is 1.39. The number of amides is 2. The second kappa shape index (κ2) is 9.41. The molecule has 1 fully saturated rings. The molecule has 1 saturated heterocycles. The Morgan fingerprint density at radius 2 is 1.71 bits per heavy atom. The fraction of sp³-hybridized carbons (Fsp3) is 0.111. The van der Waals surface area contributed by atoms with Gasteiger partial charge in [0.1, 0.15) is 12.4 Å². The summed E-state index contributed by atoms with van der Waals surface area (Å²) in [5.41, 5.74) is 3.57. The van der Waals surface area contributed by atoms with Crippen LogP contribution in [0.1, 0.15) is 11.1 Å². The van der Waals surface area contributed by atoms with Crippen LogP contribution in [-0.2, 0) is 11.3 Å². The fourth-order valence-corrected chi connectivity index (χ4v) is 4.85. The summed E-state index contributed by atoms with van der Waals surface area (Å²) in [6.45, 7) is 3.07. The molecular formula is C27H21ClN2O3S. The molecular weight excluding hydrogens is 468 g/mol. The highest BCUT2D eigenvalue weighted by molar-refractivity contribution is 8.19. The van der Waals surface area contributed by atoms with Crippen LogP contribution in [0, 0.1) is 6.92 Å². The number of aromatic nitrogens is 1. The number of carbonyl (C=O) groups is 2. The van der Waals surface area contributed by atoms with E-state index in [1.165, 1.54) is 4.90 Å². The topological polar surface area (TPSA) is 51.5 Å². The van der Waals surface area contributed by atoms with Crippen LogP contribution in [0.4, 0.5) is 10.5 Å². The summed E-state index contributed by atoms with van der Waals surface area (Å²) in [6.07, 6.45) is 3.80. The summed E-state index contributed by atoms with van der Waals surface area (Å²) in [5.74, 6) is 0.452. The number of nitrogens with zero attached hydrogens (tertiary/aromatic N) is 2. The second-order valence-corrected chi connectivity index (χ2v) is 9.38. The molecule has 2 heterocycles. The first-order valence-electron chi connectivity index (χ1n) is 10.8. The predicted molar refractivity (Wildman–Crippen MR) is 139 cm³/mol. The van der Waals surface area contributed by atoms with E-state index in [1.807, 2.05) is 61.7 Å². The third-order valence-electron chi connectivity index (χ3n) is 5.61. The van der Waals surface area contributed by atoms with Gasteiger partial charge in [-0.15, -0.1) is 0 Å². The number of rotatable bonds is 6. The first kappa shape index (κ1) is 22.3. The van der Waals surface area contributed by atoms with E-state index in [0.717, 1.165) is 39.5 Å². The number of fused-ring (bicyclic) bond motifs is 1. The van der Waals surface area contributed by atoms with Gasteiger partial charge in [-0.05, 0) is 67.2 Å². The van der Waals surface area contributed by atoms with Crippen LogP contribution in [-0.4, -0.2) is 22.3 Å². The maximum atomic E-state index is 13.1. The zero-order valence-electron chi connectivity index (χ0n) is 18.4. The number of hydrogen-bond donors (Lipinski definition) is 0. The van der Waals surface area contributed by atoms with E-state index in [2.05, 4.69) is 4.57 Å². The van der Waals surface area contributed by atoms with Gasteiger partial charge in [0.05, 0.1) is 17.1 Å². The molecule has 5 rings (SSSR count). The van der Waals surface area contributed by atoms with Crippen molar-refractivity contribution >= 4 is 57.2 Å². The van der Waals surface area contributed by atoms with Crippen LogP contribution in [0.5, 0.6) is 5.75 Å². The summed E-state index contributed by atoms with van der Waals surface area (Å²) in [6, 6.07) is 22.6. The minimum absolute atomic E-state index is 0.291. The number of para-hydroxylation sites is 1. The molecule has 0 unspecified atom stereocenters. The van der Waals surface area contributed by atoms with Crippen LogP contribution >= 0.6 is 23.4 Å². The number of halogens is 1. The van der Waals surface area contributed by atoms with Gasteiger partial charge in [0, 0.05) is 27.7 Å². The van der Waals surface area contributed by atoms with Gasteiger partial charge in [0.25, 0.3) is 11.1 Å². The van der Waals surface area contributed by atoms with E-state index in [9.17, 15) is 9.59 Å². The molecule has 34 heavy (non-hydrogen) atoms. The molecule has 0 bridgehead atoms. The van der Waals surface area contributed by atoms with Crippen molar-refractivity contribution in [1.82, 2.24) is 4.57 Å². The van der Waals surface area contributed by atoms with E-state index >= 15 is 0 Å². The largest absolute Gasteiger partial charge is 0.492 e. The van der Waals surface area contributed by atoms with Crippen molar-refractivity contribution in [2.45, 2.75) is 13.5 Å². The smallest absolute Gasteiger partial charge is 0.298 e. The molecule has 0 N–H and O–H groups in total. The van der Waals surface area contributed by atoms with E-state index < -0.39 is 0 Å². The van der Waals surface area contributed by atoms with Gasteiger partial charge in [-0.2, -0.15) is 0 Å². The lowest BCUT2D eigenvalue weighted by atomic mass is 10.1.